The van der Waals surface area contributed by atoms with E-state index in [0.29, 0.717) is 5.92 Å². The van der Waals surface area contributed by atoms with Gasteiger partial charge in [-0.2, -0.15) is 0 Å². The van der Waals surface area contributed by atoms with Crippen molar-refractivity contribution in [1.82, 2.24) is 0 Å². The topological polar surface area (TPSA) is 18.5 Å². The SMILES string of the molecule is COc1cc(C)c(C(Cl)CC(C)C)cc1OC. The Bertz CT molecular complexity index is 375. The summed E-state index contributed by atoms with van der Waals surface area (Å²) in [6.45, 7) is 6.39. The van der Waals surface area contributed by atoms with Crippen molar-refractivity contribution in [3.05, 3.63) is 23.3 Å². The fourth-order valence-corrected chi connectivity index (χ4v) is 2.47. The molecule has 0 amide bonds. The van der Waals surface area contributed by atoms with Gasteiger partial charge in [0.25, 0.3) is 0 Å². The van der Waals surface area contributed by atoms with Crippen molar-refractivity contribution < 1.29 is 9.47 Å². The fourth-order valence-electron chi connectivity index (χ4n) is 1.87. The molecule has 0 saturated carbocycles. The van der Waals surface area contributed by atoms with Crippen molar-refractivity contribution >= 4 is 11.6 Å². The van der Waals surface area contributed by atoms with E-state index in [9.17, 15) is 0 Å². The molecule has 0 heterocycles. The smallest absolute Gasteiger partial charge is 0.161 e. The Morgan fingerprint density at radius 1 is 1.12 bits per heavy atom. The second-order valence-electron chi connectivity index (χ2n) is 4.66. The first kappa shape index (κ1) is 14.2. The number of hydrogen-bond donors (Lipinski definition) is 0. The summed E-state index contributed by atoms with van der Waals surface area (Å²) < 4.78 is 10.6. The van der Waals surface area contributed by atoms with Crippen molar-refractivity contribution in [2.75, 3.05) is 14.2 Å². The fraction of sp³-hybridized carbons (Fsp3) is 0.571. The summed E-state index contributed by atoms with van der Waals surface area (Å²) in [6, 6.07) is 3.96. The highest BCUT2D eigenvalue weighted by Gasteiger charge is 2.16. The minimum Gasteiger partial charge on any atom is -0.493 e. The van der Waals surface area contributed by atoms with Gasteiger partial charge in [-0.3, -0.25) is 0 Å². The van der Waals surface area contributed by atoms with Crippen LogP contribution < -0.4 is 9.47 Å². The van der Waals surface area contributed by atoms with E-state index in [1.54, 1.807) is 14.2 Å². The van der Waals surface area contributed by atoms with Crippen LogP contribution in [-0.2, 0) is 0 Å². The predicted octanol–water partition coefficient (Wildman–Crippen LogP) is 4.34. The van der Waals surface area contributed by atoms with Crippen LogP contribution in [0, 0.1) is 12.8 Å². The lowest BCUT2D eigenvalue weighted by molar-refractivity contribution is 0.354. The molecule has 0 fully saturated rings. The van der Waals surface area contributed by atoms with Gasteiger partial charge >= 0.3 is 0 Å². The summed E-state index contributed by atoms with van der Waals surface area (Å²) in [6.07, 6.45) is 0.956. The zero-order valence-corrected chi connectivity index (χ0v) is 12.0. The van der Waals surface area contributed by atoms with Gasteiger partial charge in [0.15, 0.2) is 11.5 Å². The Labute approximate surface area is 109 Å². The molecule has 1 aromatic carbocycles. The van der Waals surface area contributed by atoms with Gasteiger partial charge in [-0.05, 0) is 42.5 Å². The third-order valence-corrected chi connectivity index (χ3v) is 3.20. The average molecular weight is 257 g/mol. The molecule has 0 aliphatic carbocycles. The van der Waals surface area contributed by atoms with Crippen LogP contribution in [0.3, 0.4) is 0 Å². The highest BCUT2D eigenvalue weighted by Crippen LogP contribution is 2.37. The lowest BCUT2D eigenvalue weighted by Crippen LogP contribution is -2.01. The van der Waals surface area contributed by atoms with Crippen molar-refractivity contribution in [2.24, 2.45) is 5.92 Å². The van der Waals surface area contributed by atoms with E-state index in [1.165, 1.54) is 0 Å². The Hall–Kier alpha value is -0.890. The van der Waals surface area contributed by atoms with E-state index in [-0.39, 0.29) is 5.38 Å². The van der Waals surface area contributed by atoms with Crippen molar-refractivity contribution in [1.29, 1.82) is 0 Å². The van der Waals surface area contributed by atoms with Crippen LogP contribution in [0.25, 0.3) is 0 Å². The molecule has 0 saturated heterocycles. The van der Waals surface area contributed by atoms with Crippen LogP contribution in [-0.4, -0.2) is 14.2 Å². The van der Waals surface area contributed by atoms with Gasteiger partial charge in [0, 0.05) is 0 Å². The number of rotatable bonds is 5. The Kier molecular flexibility index (Phi) is 5.13. The first-order valence-electron chi connectivity index (χ1n) is 5.86. The molecule has 0 bridgehead atoms. The Morgan fingerprint density at radius 2 is 1.65 bits per heavy atom. The molecule has 1 unspecified atom stereocenters. The quantitative estimate of drug-likeness (QED) is 0.730. The summed E-state index contributed by atoms with van der Waals surface area (Å²) in [5, 5.41) is 0.0230. The molecule has 1 rings (SSSR count). The van der Waals surface area contributed by atoms with Gasteiger partial charge in [0.05, 0.1) is 19.6 Å². The van der Waals surface area contributed by atoms with Gasteiger partial charge in [0.2, 0.25) is 0 Å². The van der Waals surface area contributed by atoms with Crippen LogP contribution in [0.2, 0.25) is 0 Å². The summed E-state index contributed by atoms with van der Waals surface area (Å²) in [4.78, 5) is 0. The van der Waals surface area contributed by atoms with Gasteiger partial charge in [-0.1, -0.05) is 13.8 Å². The van der Waals surface area contributed by atoms with Crippen LogP contribution in [0.1, 0.15) is 36.8 Å². The zero-order valence-electron chi connectivity index (χ0n) is 11.2. The molecule has 0 spiro atoms. The number of ether oxygens (including phenoxy) is 2. The van der Waals surface area contributed by atoms with Gasteiger partial charge in [0.1, 0.15) is 0 Å². The van der Waals surface area contributed by atoms with Crippen LogP contribution in [0.15, 0.2) is 12.1 Å². The summed E-state index contributed by atoms with van der Waals surface area (Å²) in [7, 11) is 3.28. The Morgan fingerprint density at radius 3 is 2.12 bits per heavy atom. The first-order valence-corrected chi connectivity index (χ1v) is 6.29. The maximum atomic E-state index is 6.43. The standard InChI is InChI=1S/C14H21ClO2/c1-9(2)6-12(15)11-8-14(17-5)13(16-4)7-10(11)3/h7-9,12H,6H2,1-5H3. The molecule has 1 atom stereocenters. The highest BCUT2D eigenvalue weighted by atomic mass is 35.5. The van der Waals surface area contributed by atoms with Crippen LogP contribution in [0.5, 0.6) is 11.5 Å². The molecule has 17 heavy (non-hydrogen) atoms. The van der Waals surface area contributed by atoms with Gasteiger partial charge in [-0.15, -0.1) is 11.6 Å². The van der Waals surface area contributed by atoms with Crippen molar-refractivity contribution in [2.45, 2.75) is 32.6 Å². The monoisotopic (exact) mass is 256 g/mol. The molecular weight excluding hydrogens is 236 g/mol. The van der Waals surface area contributed by atoms with E-state index in [2.05, 4.69) is 13.8 Å². The Balaban J connectivity index is 3.07. The molecule has 2 nitrogen and oxygen atoms in total. The lowest BCUT2D eigenvalue weighted by atomic mass is 9.98. The number of hydrogen-bond acceptors (Lipinski definition) is 2. The molecule has 0 N–H and O–H groups in total. The second-order valence-corrected chi connectivity index (χ2v) is 5.19. The highest BCUT2D eigenvalue weighted by molar-refractivity contribution is 6.20. The number of benzene rings is 1. The van der Waals surface area contributed by atoms with Gasteiger partial charge < -0.3 is 9.47 Å². The molecule has 0 aliphatic rings. The molecule has 3 heteroatoms. The predicted molar refractivity (Wildman–Crippen MR) is 72.3 cm³/mol. The third kappa shape index (κ3) is 3.53. The number of halogens is 1. The molecule has 96 valence electrons. The van der Waals surface area contributed by atoms with E-state index in [0.717, 1.165) is 29.0 Å². The average Bonchev–Trinajstić information content (AvgIpc) is 2.27. The molecule has 0 aromatic heterocycles. The van der Waals surface area contributed by atoms with E-state index in [4.69, 9.17) is 21.1 Å². The molecule has 0 radical (unpaired) electrons. The minimum absolute atomic E-state index is 0.0230. The third-order valence-electron chi connectivity index (χ3n) is 2.79. The van der Waals surface area contributed by atoms with E-state index >= 15 is 0 Å². The summed E-state index contributed by atoms with van der Waals surface area (Å²) >= 11 is 6.43. The zero-order chi connectivity index (χ0) is 13.0. The minimum atomic E-state index is 0.0230. The largest absolute Gasteiger partial charge is 0.493 e. The van der Waals surface area contributed by atoms with E-state index < -0.39 is 0 Å². The van der Waals surface area contributed by atoms with Crippen LogP contribution in [0.4, 0.5) is 0 Å². The van der Waals surface area contributed by atoms with Crippen molar-refractivity contribution in [3.63, 3.8) is 0 Å². The molecule has 0 aliphatic heterocycles. The molecule has 1 aromatic rings. The summed E-state index contributed by atoms with van der Waals surface area (Å²) in [5.74, 6) is 2.06. The van der Waals surface area contributed by atoms with Gasteiger partial charge in [-0.25, -0.2) is 0 Å². The van der Waals surface area contributed by atoms with E-state index in [1.807, 2.05) is 19.1 Å². The maximum Gasteiger partial charge on any atom is 0.161 e. The summed E-state index contributed by atoms with van der Waals surface area (Å²) in [5.41, 5.74) is 2.27. The number of alkyl halides is 1. The molecular formula is C14H21ClO2. The second kappa shape index (κ2) is 6.15. The van der Waals surface area contributed by atoms with Crippen molar-refractivity contribution in [3.8, 4) is 11.5 Å². The normalized spacial score (nSPS) is 12.6. The number of aryl methyl sites for hydroxylation is 1. The lowest BCUT2D eigenvalue weighted by Gasteiger charge is -2.17. The maximum absolute atomic E-state index is 6.43. The number of methoxy groups -OCH3 is 2. The van der Waals surface area contributed by atoms with Crippen LogP contribution >= 0.6 is 11.6 Å². The first-order chi connectivity index (χ1) is 7.99.